The van der Waals surface area contributed by atoms with Gasteiger partial charge in [-0.2, -0.15) is 0 Å². The zero-order chi connectivity index (χ0) is 9.42. The van der Waals surface area contributed by atoms with Crippen LogP contribution >= 0.6 is 24.0 Å². The Bertz CT molecular complexity index is 445. The molecule has 68 valence electrons. The van der Waals surface area contributed by atoms with Crippen LogP contribution < -0.4 is 4.74 Å². The highest BCUT2D eigenvalue weighted by molar-refractivity contribution is 7.80. The molecule has 0 saturated heterocycles. The molecule has 13 heavy (non-hydrogen) atoms. The Morgan fingerprint density at radius 1 is 1.46 bits per heavy atom. The lowest BCUT2D eigenvalue weighted by atomic mass is 10.2. The van der Waals surface area contributed by atoms with Crippen molar-refractivity contribution in [3.8, 4) is 5.75 Å². The van der Waals surface area contributed by atoms with Crippen molar-refractivity contribution in [2.45, 2.75) is 11.8 Å². The van der Waals surface area contributed by atoms with E-state index in [1.807, 2.05) is 6.92 Å². The standard InChI is InChI=1S/C10H10OS2/c1-6-5-8-7(3-4-13-8)10(12)9(6)11-2/h3-5,12H,1-2H3. The van der Waals surface area contributed by atoms with Crippen LogP contribution in [0.2, 0.25) is 0 Å². The van der Waals surface area contributed by atoms with Crippen LogP contribution in [-0.4, -0.2) is 7.11 Å². The van der Waals surface area contributed by atoms with Crippen LogP contribution in [0.15, 0.2) is 22.4 Å². The van der Waals surface area contributed by atoms with Crippen molar-refractivity contribution < 1.29 is 4.74 Å². The molecule has 0 aliphatic rings. The van der Waals surface area contributed by atoms with E-state index in [0.29, 0.717) is 0 Å². The fourth-order valence-corrected chi connectivity index (χ4v) is 2.89. The van der Waals surface area contributed by atoms with E-state index in [0.717, 1.165) is 16.2 Å². The normalized spacial score (nSPS) is 10.7. The first-order valence-corrected chi connectivity index (χ1v) is 5.30. The number of fused-ring (bicyclic) bond motifs is 1. The molecule has 1 nitrogen and oxygen atoms in total. The number of hydrogen-bond donors (Lipinski definition) is 1. The molecule has 2 aromatic rings. The van der Waals surface area contributed by atoms with Gasteiger partial charge in [0, 0.05) is 10.1 Å². The van der Waals surface area contributed by atoms with Crippen LogP contribution in [0.3, 0.4) is 0 Å². The topological polar surface area (TPSA) is 9.23 Å². The van der Waals surface area contributed by atoms with E-state index in [9.17, 15) is 0 Å². The molecule has 0 unspecified atom stereocenters. The van der Waals surface area contributed by atoms with E-state index in [1.165, 1.54) is 10.1 Å². The van der Waals surface area contributed by atoms with Gasteiger partial charge in [0.2, 0.25) is 0 Å². The number of ether oxygens (including phenoxy) is 1. The zero-order valence-electron chi connectivity index (χ0n) is 7.50. The summed E-state index contributed by atoms with van der Waals surface area (Å²) in [6.45, 7) is 2.04. The van der Waals surface area contributed by atoms with Crippen LogP contribution in [0.25, 0.3) is 10.1 Å². The Hall–Kier alpha value is -0.670. The lowest BCUT2D eigenvalue weighted by Gasteiger charge is -2.08. The maximum absolute atomic E-state index is 5.28. The quantitative estimate of drug-likeness (QED) is 0.709. The molecule has 3 heteroatoms. The van der Waals surface area contributed by atoms with Gasteiger partial charge >= 0.3 is 0 Å². The van der Waals surface area contributed by atoms with Gasteiger partial charge in [-0.05, 0) is 30.0 Å². The first-order chi connectivity index (χ1) is 6.24. The third kappa shape index (κ3) is 1.32. The SMILES string of the molecule is COc1c(C)cc2sccc2c1S. The molecule has 1 aromatic heterocycles. The van der Waals surface area contributed by atoms with Crippen LogP contribution in [0.5, 0.6) is 5.75 Å². The maximum atomic E-state index is 5.28. The Morgan fingerprint density at radius 3 is 2.92 bits per heavy atom. The maximum Gasteiger partial charge on any atom is 0.135 e. The third-order valence-electron chi connectivity index (χ3n) is 2.08. The predicted molar refractivity (Wildman–Crippen MR) is 60.4 cm³/mol. The average molecular weight is 210 g/mol. The summed E-state index contributed by atoms with van der Waals surface area (Å²) in [5, 5.41) is 3.25. The van der Waals surface area contributed by atoms with Crippen molar-refractivity contribution in [1.82, 2.24) is 0 Å². The zero-order valence-corrected chi connectivity index (χ0v) is 9.21. The second kappa shape index (κ2) is 3.24. The molecule has 0 saturated carbocycles. The summed E-state index contributed by atoms with van der Waals surface area (Å²) in [7, 11) is 1.68. The molecule has 0 N–H and O–H groups in total. The van der Waals surface area contributed by atoms with E-state index in [2.05, 4.69) is 30.1 Å². The minimum absolute atomic E-state index is 0.884. The Kier molecular flexibility index (Phi) is 2.22. The predicted octanol–water partition coefficient (Wildman–Crippen LogP) is 3.51. The Morgan fingerprint density at radius 2 is 2.23 bits per heavy atom. The molecule has 0 spiro atoms. The molecule has 2 rings (SSSR count). The molecule has 0 aliphatic heterocycles. The summed E-state index contributed by atoms with van der Waals surface area (Å²) in [5.41, 5.74) is 1.14. The minimum Gasteiger partial charge on any atom is -0.495 e. The summed E-state index contributed by atoms with van der Waals surface area (Å²) < 4.78 is 6.55. The summed E-state index contributed by atoms with van der Waals surface area (Å²) >= 11 is 6.19. The van der Waals surface area contributed by atoms with E-state index >= 15 is 0 Å². The van der Waals surface area contributed by atoms with Crippen molar-refractivity contribution in [3.05, 3.63) is 23.1 Å². The van der Waals surface area contributed by atoms with E-state index in [1.54, 1.807) is 18.4 Å². The molecule has 0 radical (unpaired) electrons. The Labute approximate surface area is 86.8 Å². The largest absolute Gasteiger partial charge is 0.495 e. The number of thiophene rings is 1. The molecule has 0 fully saturated rings. The van der Waals surface area contributed by atoms with Crippen molar-refractivity contribution in [3.63, 3.8) is 0 Å². The fraction of sp³-hybridized carbons (Fsp3) is 0.200. The highest BCUT2D eigenvalue weighted by atomic mass is 32.1. The number of hydrogen-bond acceptors (Lipinski definition) is 3. The van der Waals surface area contributed by atoms with Gasteiger partial charge in [-0.15, -0.1) is 24.0 Å². The van der Waals surface area contributed by atoms with Gasteiger partial charge in [0.1, 0.15) is 5.75 Å². The summed E-state index contributed by atoms with van der Waals surface area (Å²) in [6, 6.07) is 4.21. The van der Waals surface area contributed by atoms with Crippen molar-refractivity contribution in [2.75, 3.05) is 7.11 Å². The first kappa shape index (κ1) is 8.91. The van der Waals surface area contributed by atoms with Crippen molar-refractivity contribution in [1.29, 1.82) is 0 Å². The molecule has 1 heterocycles. The Balaban J connectivity index is 2.85. The summed E-state index contributed by atoms with van der Waals surface area (Å²) in [5.74, 6) is 0.884. The van der Waals surface area contributed by atoms with E-state index in [-0.39, 0.29) is 0 Å². The number of rotatable bonds is 1. The minimum atomic E-state index is 0.884. The van der Waals surface area contributed by atoms with Gasteiger partial charge in [0.05, 0.1) is 12.0 Å². The molecule has 0 aliphatic carbocycles. The highest BCUT2D eigenvalue weighted by Crippen LogP contribution is 2.36. The molecular weight excluding hydrogens is 200 g/mol. The molecule has 1 aromatic carbocycles. The van der Waals surface area contributed by atoms with Crippen LogP contribution in [0.4, 0.5) is 0 Å². The average Bonchev–Trinajstić information content (AvgIpc) is 2.53. The van der Waals surface area contributed by atoms with Gasteiger partial charge in [-0.25, -0.2) is 0 Å². The monoisotopic (exact) mass is 210 g/mol. The molecule has 0 atom stereocenters. The lowest BCUT2D eigenvalue weighted by molar-refractivity contribution is 0.403. The van der Waals surface area contributed by atoms with Gasteiger partial charge in [0.15, 0.2) is 0 Å². The number of aryl methyl sites for hydroxylation is 1. The van der Waals surface area contributed by atoms with Crippen LogP contribution in [0, 0.1) is 6.92 Å². The highest BCUT2D eigenvalue weighted by Gasteiger charge is 2.08. The smallest absolute Gasteiger partial charge is 0.135 e. The summed E-state index contributed by atoms with van der Waals surface area (Å²) in [4.78, 5) is 0.943. The molecule has 0 amide bonds. The summed E-state index contributed by atoms with van der Waals surface area (Å²) in [6.07, 6.45) is 0. The van der Waals surface area contributed by atoms with Gasteiger partial charge in [0.25, 0.3) is 0 Å². The first-order valence-electron chi connectivity index (χ1n) is 3.98. The van der Waals surface area contributed by atoms with E-state index in [4.69, 9.17) is 4.74 Å². The second-order valence-corrected chi connectivity index (χ2v) is 4.30. The number of thiol groups is 1. The van der Waals surface area contributed by atoms with Gasteiger partial charge in [-0.3, -0.25) is 0 Å². The number of benzene rings is 1. The molecular formula is C10H10OS2. The second-order valence-electron chi connectivity index (χ2n) is 2.91. The fourth-order valence-electron chi connectivity index (χ4n) is 1.46. The van der Waals surface area contributed by atoms with Gasteiger partial charge < -0.3 is 4.74 Å². The van der Waals surface area contributed by atoms with Crippen LogP contribution in [0.1, 0.15) is 5.56 Å². The van der Waals surface area contributed by atoms with Crippen molar-refractivity contribution >= 4 is 34.1 Å². The van der Waals surface area contributed by atoms with Crippen molar-refractivity contribution in [2.24, 2.45) is 0 Å². The lowest BCUT2D eigenvalue weighted by Crippen LogP contribution is -1.88. The molecule has 0 bridgehead atoms. The number of methoxy groups -OCH3 is 1. The third-order valence-corrected chi connectivity index (χ3v) is 3.38. The van der Waals surface area contributed by atoms with Gasteiger partial charge in [-0.1, -0.05) is 0 Å². The van der Waals surface area contributed by atoms with Crippen LogP contribution in [-0.2, 0) is 0 Å². The van der Waals surface area contributed by atoms with E-state index < -0.39 is 0 Å².